The Balaban J connectivity index is 1.21. The number of hydrogen-bond donors (Lipinski definition) is 0. The molecule has 0 aliphatic carbocycles. The lowest BCUT2D eigenvalue weighted by atomic mass is 10.0. The number of carbonyl (C=O) groups is 2. The van der Waals surface area contributed by atoms with Crippen LogP contribution in [0.2, 0.25) is 0 Å². The standard InChI is InChI=1S/C24H33N5O3/c1-18(2)19-5-7-20(8-6-19)24-25-21(32-26-24)9-10-22(30)29-15-13-27(14-16-29)17-23(31)28-11-3-4-12-28/h5-8,18H,3-4,9-17H2,1-2H3. The number of rotatable bonds is 7. The summed E-state index contributed by atoms with van der Waals surface area (Å²) in [4.78, 5) is 35.4. The van der Waals surface area contributed by atoms with Gasteiger partial charge in [0.15, 0.2) is 0 Å². The number of benzene rings is 1. The molecule has 2 saturated heterocycles. The van der Waals surface area contributed by atoms with Crippen LogP contribution >= 0.6 is 0 Å². The van der Waals surface area contributed by atoms with Gasteiger partial charge in [0.25, 0.3) is 0 Å². The first-order valence-corrected chi connectivity index (χ1v) is 11.7. The second-order valence-electron chi connectivity index (χ2n) is 9.03. The van der Waals surface area contributed by atoms with E-state index in [1.165, 1.54) is 5.56 Å². The quantitative estimate of drug-likeness (QED) is 0.659. The van der Waals surface area contributed by atoms with Crippen molar-refractivity contribution >= 4 is 11.8 Å². The molecule has 172 valence electrons. The lowest BCUT2D eigenvalue weighted by Crippen LogP contribution is -2.51. The third-order valence-electron chi connectivity index (χ3n) is 6.40. The first-order valence-electron chi connectivity index (χ1n) is 11.7. The van der Waals surface area contributed by atoms with Crippen LogP contribution in [0.1, 0.15) is 50.5 Å². The first kappa shape index (κ1) is 22.5. The van der Waals surface area contributed by atoms with E-state index in [4.69, 9.17) is 4.52 Å². The SMILES string of the molecule is CC(C)c1ccc(-c2noc(CCC(=O)N3CCN(CC(=O)N4CCCC4)CC3)n2)cc1. The van der Waals surface area contributed by atoms with E-state index in [9.17, 15) is 9.59 Å². The molecular weight excluding hydrogens is 406 g/mol. The van der Waals surface area contributed by atoms with Crippen LogP contribution in [0.4, 0.5) is 0 Å². The Kier molecular flexibility index (Phi) is 7.19. The number of aryl methyl sites for hydroxylation is 1. The molecule has 0 N–H and O–H groups in total. The molecule has 2 aliphatic heterocycles. The summed E-state index contributed by atoms with van der Waals surface area (Å²) in [6.45, 7) is 9.34. The van der Waals surface area contributed by atoms with E-state index in [1.54, 1.807) is 0 Å². The zero-order chi connectivity index (χ0) is 22.5. The van der Waals surface area contributed by atoms with Gasteiger partial charge >= 0.3 is 0 Å². The maximum absolute atomic E-state index is 12.6. The smallest absolute Gasteiger partial charge is 0.236 e. The molecule has 8 nitrogen and oxygen atoms in total. The zero-order valence-corrected chi connectivity index (χ0v) is 19.1. The average Bonchev–Trinajstić information content (AvgIpc) is 3.50. The Hall–Kier alpha value is -2.74. The highest BCUT2D eigenvalue weighted by Crippen LogP contribution is 2.21. The summed E-state index contributed by atoms with van der Waals surface area (Å²) >= 11 is 0. The molecule has 32 heavy (non-hydrogen) atoms. The predicted octanol–water partition coefficient (Wildman–Crippen LogP) is 2.56. The number of piperazine rings is 1. The molecule has 3 heterocycles. The van der Waals surface area contributed by atoms with Crippen molar-refractivity contribution < 1.29 is 14.1 Å². The average molecular weight is 440 g/mol. The molecule has 8 heteroatoms. The van der Waals surface area contributed by atoms with Gasteiger partial charge in [-0.15, -0.1) is 0 Å². The number of carbonyl (C=O) groups excluding carboxylic acids is 2. The van der Waals surface area contributed by atoms with Crippen LogP contribution in [0, 0.1) is 0 Å². The van der Waals surface area contributed by atoms with E-state index in [1.807, 2.05) is 21.9 Å². The van der Waals surface area contributed by atoms with Gasteiger partial charge in [0, 0.05) is 57.7 Å². The summed E-state index contributed by atoms with van der Waals surface area (Å²) in [5.74, 6) is 1.82. The predicted molar refractivity (Wildman–Crippen MR) is 121 cm³/mol. The Morgan fingerprint density at radius 2 is 1.59 bits per heavy atom. The summed E-state index contributed by atoms with van der Waals surface area (Å²) < 4.78 is 5.36. The summed E-state index contributed by atoms with van der Waals surface area (Å²) in [6, 6.07) is 8.17. The number of amides is 2. The minimum atomic E-state index is 0.0940. The van der Waals surface area contributed by atoms with Crippen molar-refractivity contribution in [3.8, 4) is 11.4 Å². The summed E-state index contributed by atoms with van der Waals surface area (Å²) in [6.07, 6.45) is 3.00. The lowest BCUT2D eigenvalue weighted by molar-refractivity contribution is -0.134. The largest absolute Gasteiger partial charge is 0.342 e. The normalized spacial score (nSPS) is 17.3. The number of likely N-dealkylation sites (tertiary alicyclic amines) is 1. The van der Waals surface area contributed by atoms with Crippen LogP contribution in [0.3, 0.4) is 0 Å². The van der Waals surface area contributed by atoms with Crippen molar-refractivity contribution in [1.29, 1.82) is 0 Å². The van der Waals surface area contributed by atoms with Crippen LogP contribution in [0.15, 0.2) is 28.8 Å². The van der Waals surface area contributed by atoms with Gasteiger partial charge in [-0.3, -0.25) is 14.5 Å². The van der Waals surface area contributed by atoms with Gasteiger partial charge < -0.3 is 14.3 Å². The molecule has 2 amide bonds. The Bertz CT molecular complexity index is 910. The van der Waals surface area contributed by atoms with Gasteiger partial charge in [0.2, 0.25) is 23.5 Å². The Morgan fingerprint density at radius 1 is 0.938 bits per heavy atom. The van der Waals surface area contributed by atoms with E-state index in [0.29, 0.717) is 50.1 Å². The first-order chi connectivity index (χ1) is 15.5. The third-order valence-corrected chi connectivity index (χ3v) is 6.40. The molecule has 2 aliphatic rings. The van der Waals surface area contributed by atoms with Crippen LogP contribution in [-0.2, 0) is 16.0 Å². The summed E-state index contributed by atoms with van der Waals surface area (Å²) in [5, 5.41) is 4.07. The molecule has 1 aromatic carbocycles. The number of nitrogens with zero attached hydrogens (tertiary/aromatic N) is 5. The topological polar surface area (TPSA) is 82.8 Å². The van der Waals surface area contributed by atoms with Crippen molar-refractivity contribution in [1.82, 2.24) is 24.8 Å². The fourth-order valence-electron chi connectivity index (χ4n) is 4.28. The molecule has 0 atom stereocenters. The second-order valence-corrected chi connectivity index (χ2v) is 9.03. The summed E-state index contributed by atoms with van der Waals surface area (Å²) in [7, 11) is 0. The highest BCUT2D eigenvalue weighted by Gasteiger charge is 2.25. The zero-order valence-electron chi connectivity index (χ0n) is 19.1. The van der Waals surface area contributed by atoms with Crippen LogP contribution in [0.5, 0.6) is 0 Å². The van der Waals surface area contributed by atoms with E-state index in [-0.39, 0.29) is 11.8 Å². The van der Waals surface area contributed by atoms with Crippen molar-refractivity contribution in [2.45, 2.75) is 45.4 Å². The highest BCUT2D eigenvalue weighted by atomic mass is 16.5. The van der Waals surface area contributed by atoms with Crippen molar-refractivity contribution in [2.75, 3.05) is 45.8 Å². The van der Waals surface area contributed by atoms with Gasteiger partial charge in [0.05, 0.1) is 6.54 Å². The van der Waals surface area contributed by atoms with Crippen molar-refractivity contribution in [2.24, 2.45) is 0 Å². The lowest BCUT2D eigenvalue weighted by Gasteiger charge is -2.35. The maximum atomic E-state index is 12.6. The minimum absolute atomic E-state index is 0.0940. The molecular formula is C24H33N5O3. The van der Waals surface area contributed by atoms with Crippen molar-refractivity contribution in [3.05, 3.63) is 35.7 Å². The molecule has 4 rings (SSSR count). The minimum Gasteiger partial charge on any atom is -0.342 e. The van der Waals surface area contributed by atoms with Gasteiger partial charge in [-0.1, -0.05) is 43.3 Å². The van der Waals surface area contributed by atoms with Crippen molar-refractivity contribution in [3.63, 3.8) is 0 Å². The monoisotopic (exact) mass is 439 g/mol. The number of aromatic nitrogens is 2. The van der Waals surface area contributed by atoms with E-state index < -0.39 is 0 Å². The fourth-order valence-corrected chi connectivity index (χ4v) is 4.28. The van der Waals surface area contributed by atoms with Gasteiger partial charge in [-0.25, -0.2) is 0 Å². The molecule has 0 bridgehead atoms. The molecule has 0 unspecified atom stereocenters. The Labute approximate surface area is 189 Å². The van der Waals surface area contributed by atoms with Gasteiger partial charge in [-0.2, -0.15) is 4.98 Å². The molecule has 2 fully saturated rings. The summed E-state index contributed by atoms with van der Waals surface area (Å²) in [5.41, 5.74) is 2.18. The maximum Gasteiger partial charge on any atom is 0.236 e. The molecule has 2 aromatic rings. The molecule has 1 aromatic heterocycles. The van der Waals surface area contributed by atoms with E-state index in [0.717, 1.165) is 44.6 Å². The number of hydrogen-bond acceptors (Lipinski definition) is 6. The molecule has 0 radical (unpaired) electrons. The third kappa shape index (κ3) is 5.54. The van der Waals surface area contributed by atoms with E-state index in [2.05, 4.69) is 41.0 Å². The molecule has 0 saturated carbocycles. The highest BCUT2D eigenvalue weighted by molar-refractivity contribution is 5.79. The van der Waals surface area contributed by atoms with Crippen LogP contribution in [0.25, 0.3) is 11.4 Å². The van der Waals surface area contributed by atoms with Crippen LogP contribution in [-0.4, -0.2) is 82.5 Å². The fraction of sp³-hybridized carbons (Fsp3) is 0.583. The van der Waals surface area contributed by atoms with Crippen LogP contribution < -0.4 is 0 Å². The van der Waals surface area contributed by atoms with E-state index >= 15 is 0 Å². The van der Waals surface area contributed by atoms with Gasteiger partial charge in [0.1, 0.15) is 0 Å². The van der Waals surface area contributed by atoms with Gasteiger partial charge in [-0.05, 0) is 24.3 Å². The Morgan fingerprint density at radius 3 is 2.25 bits per heavy atom. The second kappa shape index (κ2) is 10.3. The molecule has 0 spiro atoms.